The second-order valence-corrected chi connectivity index (χ2v) is 8.20. The molecule has 0 atom stereocenters. The molecule has 0 fully saturated rings. The van der Waals surface area contributed by atoms with E-state index in [-0.39, 0.29) is 17.2 Å². The van der Waals surface area contributed by atoms with Crippen molar-refractivity contribution < 1.29 is 8.42 Å². The third kappa shape index (κ3) is 5.92. The van der Waals surface area contributed by atoms with Crippen molar-refractivity contribution in [1.82, 2.24) is 5.32 Å². The van der Waals surface area contributed by atoms with Gasteiger partial charge in [0.25, 0.3) is 0 Å². The number of hydrogen-bond acceptors (Lipinski definition) is 3. The molecular formula is C15H26N2O2S. The van der Waals surface area contributed by atoms with Gasteiger partial charge in [0.2, 0.25) is 10.0 Å². The maximum Gasteiger partial charge on any atom is 0.233 e. The van der Waals surface area contributed by atoms with Gasteiger partial charge in [0.15, 0.2) is 0 Å². The summed E-state index contributed by atoms with van der Waals surface area (Å²) in [7, 11) is -3.29. The van der Waals surface area contributed by atoms with Crippen LogP contribution < -0.4 is 10.0 Å². The zero-order chi connectivity index (χ0) is 15.4. The smallest absolute Gasteiger partial charge is 0.233 e. The minimum Gasteiger partial charge on any atom is -0.313 e. The molecule has 0 saturated heterocycles. The standard InChI is InChI=1S/C15H26N2O2S/c1-12(2)16-10-11-20(18,19)17-14-8-6-13(7-9-14)15(3,4)5/h6-9,12,16-17H,10-11H2,1-5H3. The van der Waals surface area contributed by atoms with Crippen LogP contribution in [0.25, 0.3) is 0 Å². The van der Waals surface area contributed by atoms with E-state index in [0.29, 0.717) is 12.2 Å². The minimum absolute atomic E-state index is 0.0680. The van der Waals surface area contributed by atoms with E-state index in [2.05, 4.69) is 30.8 Å². The van der Waals surface area contributed by atoms with Gasteiger partial charge in [-0.1, -0.05) is 46.8 Å². The summed E-state index contributed by atoms with van der Waals surface area (Å²) >= 11 is 0. The number of benzene rings is 1. The van der Waals surface area contributed by atoms with E-state index in [9.17, 15) is 8.42 Å². The van der Waals surface area contributed by atoms with Gasteiger partial charge in [0.1, 0.15) is 0 Å². The zero-order valence-electron chi connectivity index (χ0n) is 13.0. The van der Waals surface area contributed by atoms with Gasteiger partial charge in [0, 0.05) is 18.3 Å². The lowest BCUT2D eigenvalue weighted by molar-refractivity contribution is 0.582. The van der Waals surface area contributed by atoms with Gasteiger partial charge in [-0.2, -0.15) is 0 Å². The van der Waals surface area contributed by atoms with Crippen LogP contribution >= 0.6 is 0 Å². The van der Waals surface area contributed by atoms with Crippen LogP contribution in [0, 0.1) is 0 Å². The monoisotopic (exact) mass is 298 g/mol. The Morgan fingerprint density at radius 2 is 1.65 bits per heavy atom. The van der Waals surface area contributed by atoms with Gasteiger partial charge >= 0.3 is 0 Å². The number of anilines is 1. The van der Waals surface area contributed by atoms with E-state index in [1.165, 1.54) is 5.56 Å². The fraction of sp³-hybridized carbons (Fsp3) is 0.600. The first-order valence-electron chi connectivity index (χ1n) is 6.94. The second-order valence-electron chi connectivity index (χ2n) is 6.36. The molecule has 0 bridgehead atoms. The van der Waals surface area contributed by atoms with Crippen molar-refractivity contribution in [2.45, 2.75) is 46.1 Å². The summed E-state index contributed by atoms with van der Waals surface area (Å²) in [4.78, 5) is 0. The van der Waals surface area contributed by atoms with Crippen LogP contribution in [0.2, 0.25) is 0 Å². The molecule has 1 aromatic carbocycles. The van der Waals surface area contributed by atoms with E-state index in [1.807, 2.05) is 38.1 Å². The highest BCUT2D eigenvalue weighted by atomic mass is 32.2. The fourth-order valence-corrected chi connectivity index (χ4v) is 2.73. The Hall–Kier alpha value is -1.07. The van der Waals surface area contributed by atoms with Crippen molar-refractivity contribution in [2.75, 3.05) is 17.0 Å². The molecule has 0 saturated carbocycles. The van der Waals surface area contributed by atoms with E-state index in [4.69, 9.17) is 0 Å². The molecule has 0 heterocycles. The number of rotatable bonds is 6. The third-order valence-corrected chi connectivity index (χ3v) is 4.24. The molecule has 0 aromatic heterocycles. The van der Waals surface area contributed by atoms with Gasteiger partial charge in [-0.15, -0.1) is 0 Å². The molecule has 0 aliphatic carbocycles. The molecule has 0 amide bonds. The molecular weight excluding hydrogens is 272 g/mol. The van der Waals surface area contributed by atoms with E-state index < -0.39 is 10.0 Å². The first-order chi connectivity index (χ1) is 9.10. The normalized spacial score (nSPS) is 12.7. The van der Waals surface area contributed by atoms with E-state index >= 15 is 0 Å². The molecule has 114 valence electrons. The van der Waals surface area contributed by atoms with Crippen molar-refractivity contribution in [2.24, 2.45) is 0 Å². The lowest BCUT2D eigenvalue weighted by Gasteiger charge is -2.19. The average Bonchev–Trinajstić information content (AvgIpc) is 2.26. The highest BCUT2D eigenvalue weighted by Gasteiger charge is 2.14. The fourth-order valence-electron chi connectivity index (χ4n) is 1.75. The Labute approximate surface area is 123 Å². The summed E-state index contributed by atoms with van der Waals surface area (Å²) in [6.07, 6.45) is 0. The maximum absolute atomic E-state index is 11.9. The first-order valence-corrected chi connectivity index (χ1v) is 8.60. The molecule has 0 aliphatic rings. The summed E-state index contributed by atoms with van der Waals surface area (Å²) in [5.74, 6) is 0.0756. The molecule has 20 heavy (non-hydrogen) atoms. The van der Waals surface area contributed by atoms with Crippen molar-refractivity contribution in [1.29, 1.82) is 0 Å². The van der Waals surface area contributed by atoms with Gasteiger partial charge in [-0.25, -0.2) is 8.42 Å². The third-order valence-electron chi connectivity index (χ3n) is 2.95. The lowest BCUT2D eigenvalue weighted by Crippen LogP contribution is -2.30. The Morgan fingerprint density at radius 1 is 1.10 bits per heavy atom. The Bertz CT molecular complexity index is 514. The summed E-state index contributed by atoms with van der Waals surface area (Å²) in [5, 5.41) is 3.10. The highest BCUT2D eigenvalue weighted by molar-refractivity contribution is 7.92. The first kappa shape index (κ1) is 17.0. The quantitative estimate of drug-likeness (QED) is 0.849. The predicted octanol–water partition coefficient (Wildman–Crippen LogP) is 2.72. The molecule has 1 rings (SSSR count). The van der Waals surface area contributed by atoms with Crippen molar-refractivity contribution in [3.63, 3.8) is 0 Å². The van der Waals surface area contributed by atoms with Gasteiger partial charge < -0.3 is 5.32 Å². The highest BCUT2D eigenvalue weighted by Crippen LogP contribution is 2.23. The van der Waals surface area contributed by atoms with Crippen LogP contribution in [0.1, 0.15) is 40.2 Å². The predicted molar refractivity (Wildman–Crippen MR) is 85.7 cm³/mol. The maximum atomic E-state index is 11.9. The molecule has 2 N–H and O–H groups in total. The minimum atomic E-state index is -3.29. The lowest BCUT2D eigenvalue weighted by atomic mass is 9.87. The summed E-state index contributed by atoms with van der Waals surface area (Å²) in [5.41, 5.74) is 1.86. The summed E-state index contributed by atoms with van der Waals surface area (Å²) in [6.45, 7) is 10.8. The van der Waals surface area contributed by atoms with Crippen LogP contribution in [-0.4, -0.2) is 26.8 Å². The van der Waals surface area contributed by atoms with Crippen molar-refractivity contribution in [3.8, 4) is 0 Å². The molecule has 4 nitrogen and oxygen atoms in total. The van der Waals surface area contributed by atoms with Crippen molar-refractivity contribution in [3.05, 3.63) is 29.8 Å². The second kappa shape index (κ2) is 6.59. The number of nitrogens with one attached hydrogen (secondary N) is 2. The van der Waals surface area contributed by atoms with E-state index in [0.717, 1.165) is 0 Å². The Kier molecular flexibility index (Phi) is 5.59. The number of hydrogen-bond donors (Lipinski definition) is 2. The van der Waals surface area contributed by atoms with Crippen LogP contribution in [0.15, 0.2) is 24.3 Å². The topological polar surface area (TPSA) is 58.2 Å². The van der Waals surface area contributed by atoms with Crippen molar-refractivity contribution >= 4 is 15.7 Å². The summed E-state index contributed by atoms with van der Waals surface area (Å²) in [6, 6.07) is 7.84. The molecule has 0 spiro atoms. The van der Waals surface area contributed by atoms with Gasteiger partial charge in [-0.3, -0.25) is 4.72 Å². The Morgan fingerprint density at radius 3 is 2.10 bits per heavy atom. The molecule has 5 heteroatoms. The average molecular weight is 298 g/mol. The van der Waals surface area contributed by atoms with Gasteiger partial charge in [-0.05, 0) is 23.1 Å². The van der Waals surface area contributed by atoms with Crippen LogP contribution in [0.5, 0.6) is 0 Å². The molecule has 0 radical (unpaired) electrons. The zero-order valence-corrected chi connectivity index (χ0v) is 13.8. The van der Waals surface area contributed by atoms with Gasteiger partial charge in [0.05, 0.1) is 5.75 Å². The van der Waals surface area contributed by atoms with Crippen LogP contribution in [-0.2, 0) is 15.4 Å². The largest absolute Gasteiger partial charge is 0.313 e. The molecule has 0 aliphatic heterocycles. The Balaban J connectivity index is 2.64. The molecule has 1 aromatic rings. The number of sulfonamides is 1. The van der Waals surface area contributed by atoms with Crippen LogP contribution in [0.3, 0.4) is 0 Å². The molecule has 0 unspecified atom stereocenters. The SMILES string of the molecule is CC(C)NCCS(=O)(=O)Nc1ccc(C(C)(C)C)cc1. The summed E-state index contributed by atoms with van der Waals surface area (Å²) < 4.78 is 26.4. The van der Waals surface area contributed by atoms with Crippen LogP contribution in [0.4, 0.5) is 5.69 Å². The van der Waals surface area contributed by atoms with E-state index in [1.54, 1.807) is 0 Å².